The van der Waals surface area contributed by atoms with E-state index in [1.54, 1.807) is 12.1 Å². The first-order valence-corrected chi connectivity index (χ1v) is 9.01. The van der Waals surface area contributed by atoms with Crippen molar-refractivity contribution in [3.05, 3.63) is 29.8 Å². The Bertz CT molecular complexity index is 543. The monoisotopic (exact) mass is 311 g/mol. The van der Waals surface area contributed by atoms with Crippen LogP contribution in [0.15, 0.2) is 29.2 Å². The molecule has 0 bridgehead atoms. The van der Waals surface area contributed by atoms with E-state index in [1.165, 1.54) is 25.9 Å². The minimum atomic E-state index is -3.58. The van der Waals surface area contributed by atoms with Gasteiger partial charge in [-0.25, -0.2) is 13.6 Å². The Labute approximate surface area is 127 Å². The second kappa shape index (κ2) is 7.35. The summed E-state index contributed by atoms with van der Waals surface area (Å²) in [5.41, 5.74) is 1.12. The molecule has 0 aliphatic carbocycles. The van der Waals surface area contributed by atoms with Gasteiger partial charge in [-0.15, -0.1) is 0 Å². The Morgan fingerprint density at radius 2 is 2.05 bits per heavy atom. The number of hydrogen-bond acceptors (Lipinski definition) is 4. The van der Waals surface area contributed by atoms with Gasteiger partial charge in [0.25, 0.3) is 0 Å². The van der Waals surface area contributed by atoms with Gasteiger partial charge in [-0.05, 0) is 69.6 Å². The summed E-state index contributed by atoms with van der Waals surface area (Å²) in [5.74, 6) is 0.744. The Kier molecular flexibility index (Phi) is 5.75. The maximum atomic E-state index is 11.2. The van der Waals surface area contributed by atoms with Gasteiger partial charge in [0.15, 0.2) is 0 Å². The van der Waals surface area contributed by atoms with Gasteiger partial charge in [0.1, 0.15) is 0 Å². The zero-order chi connectivity index (χ0) is 15.3. The molecule has 0 aromatic heterocycles. The lowest BCUT2D eigenvalue weighted by Crippen LogP contribution is -2.37. The van der Waals surface area contributed by atoms with Crippen LogP contribution in [-0.2, 0) is 16.4 Å². The molecular weight excluding hydrogens is 286 g/mol. The van der Waals surface area contributed by atoms with Crippen molar-refractivity contribution in [3.63, 3.8) is 0 Å². The maximum absolute atomic E-state index is 11.2. The van der Waals surface area contributed by atoms with Crippen molar-refractivity contribution in [1.82, 2.24) is 10.2 Å². The third kappa shape index (κ3) is 5.39. The number of nitrogens with two attached hydrogens (primary N) is 1. The predicted octanol–water partition coefficient (Wildman–Crippen LogP) is 0.808. The summed E-state index contributed by atoms with van der Waals surface area (Å²) in [6.07, 6.45) is 3.49. The molecule has 1 aliphatic rings. The Morgan fingerprint density at radius 3 is 2.67 bits per heavy atom. The number of rotatable bonds is 6. The lowest BCUT2D eigenvalue weighted by molar-refractivity contribution is 0.206. The highest BCUT2D eigenvalue weighted by molar-refractivity contribution is 7.89. The molecule has 21 heavy (non-hydrogen) atoms. The van der Waals surface area contributed by atoms with Gasteiger partial charge in [0.05, 0.1) is 4.90 Å². The first-order valence-electron chi connectivity index (χ1n) is 7.46. The lowest BCUT2D eigenvalue weighted by atomic mass is 9.98. The highest BCUT2D eigenvalue weighted by Crippen LogP contribution is 2.14. The van der Waals surface area contributed by atoms with E-state index >= 15 is 0 Å². The second-order valence-corrected chi connectivity index (χ2v) is 7.48. The van der Waals surface area contributed by atoms with E-state index in [0.717, 1.165) is 31.0 Å². The molecule has 1 fully saturated rings. The summed E-state index contributed by atoms with van der Waals surface area (Å²) in [4.78, 5) is 2.56. The fourth-order valence-corrected chi connectivity index (χ4v) is 3.34. The van der Waals surface area contributed by atoms with Crippen LogP contribution in [0.25, 0.3) is 0 Å². The highest BCUT2D eigenvalue weighted by atomic mass is 32.2. The van der Waals surface area contributed by atoms with Crippen molar-refractivity contribution < 1.29 is 8.42 Å². The molecule has 1 unspecified atom stereocenters. The Hall–Kier alpha value is -0.950. The van der Waals surface area contributed by atoms with Gasteiger partial charge in [0, 0.05) is 6.54 Å². The fraction of sp³-hybridized carbons (Fsp3) is 0.600. The number of nitrogens with one attached hydrogen (secondary N) is 1. The smallest absolute Gasteiger partial charge is 0.238 e. The van der Waals surface area contributed by atoms with E-state index in [-0.39, 0.29) is 4.90 Å². The molecule has 1 atom stereocenters. The Morgan fingerprint density at radius 1 is 1.33 bits per heavy atom. The van der Waals surface area contributed by atoms with E-state index in [4.69, 9.17) is 5.14 Å². The number of piperidine rings is 1. The van der Waals surface area contributed by atoms with Gasteiger partial charge in [0.2, 0.25) is 10.0 Å². The molecule has 1 aromatic carbocycles. The molecular formula is C15H25N3O2S. The van der Waals surface area contributed by atoms with E-state index in [2.05, 4.69) is 17.3 Å². The average Bonchev–Trinajstić information content (AvgIpc) is 2.43. The zero-order valence-corrected chi connectivity index (χ0v) is 13.4. The summed E-state index contributed by atoms with van der Waals surface area (Å²) in [7, 11) is -1.41. The van der Waals surface area contributed by atoms with Crippen molar-refractivity contribution in [2.45, 2.75) is 24.2 Å². The summed E-state index contributed by atoms with van der Waals surface area (Å²) in [5, 5.41) is 8.58. The van der Waals surface area contributed by atoms with Crippen LogP contribution in [-0.4, -0.2) is 46.5 Å². The topological polar surface area (TPSA) is 75.4 Å². The summed E-state index contributed by atoms with van der Waals surface area (Å²) in [6, 6.07) is 6.80. The summed E-state index contributed by atoms with van der Waals surface area (Å²) >= 11 is 0. The van der Waals surface area contributed by atoms with Gasteiger partial charge >= 0.3 is 0 Å². The van der Waals surface area contributed by atoms with Crippen LogP contribution in [0.4, 0.5) is 0 Å². The molecule has 0 amide bonds. The lowest BCUT2D eigenvalue weighted by Gasteiger charge is -2.29. The van der Waals surface area contributed by atoms with Gasteiger partial charge in [-0.1, -0.05) is 12.1 Å². The average molecular weight is 311 g/mol. The molecule has 6 heteroatoms. The first kappa shape index (κ1) is 16.4. The van der Waals surface area contributed by atoms with Crippen molar-refractivity contribution in [2.24, 2.45) is 11.1 Å². The number of sulfonamides is 1. The quantitative estimate of drug-likeness (QED) is 0.762. The van der Waals surface area contributed by atoms with E-state index in [1.807, 2.05) is 12.1 Å². The molecule has 3 N–H and O–H groups in total. The maximum Gasteiger partial charge on any atom is 0.238 e. The fourth-order valence-electron chi connectivity index (χ4n) is 2.82. The number of hydrogen-bond donors (Lipinski definition) is 2. The molecule has 0 radical (unpaired) electrons. The molecule has 0 spiro atoms. The minimum Gasteiger partial charge on any atom is -0.316 e. The minimum absolute atomic E-state index is 0.171. The molecule has 1 aromatic rings. The van der Waals surface area contributed by atoms with Gasteiger partial charge in [-0.3, -0.25) is 0 Å². The van der Waals surface area contributed by atoms with E-state index < -0.39 is 10.0 Å². The Balaban J connectivity index is 1.71. The molecule has 0 saturated carbocycles. The standard InChI is InChI=1S/C15H25N3O2S/c1-18-10-2-3-14(12-18)11-17-9-8-13-4-6-15(7-5-13)21(16,19)20/h4-7,14,17H,2-3,8-12H2,1H3,(H2,16,19,20). The largest absolute Gasteiger partial charge is 0.316 e. The zero-order valence-electron chi connectivity index (χ0n) is 12.6. The van der Waals surface area contributed by atoms with E-state index in [0.29, 0.717) is 0 Å². The summed E-state index contributed by atoms with van der Waals surface area (Å²) < 4.78 is 22.3. The SMILES string of the molecule is CN1CCCC(CNCCc2ccc(S(N)(=O)=O)cc2)C1. The molecule has 118 valence electrons. The molecule has 1 saturated heterocycles. The number of benzene rings is 1. The third-order valence-electron chi connectivity index (χ3n) is 4.00. The molecule has 1 aliphatic heterocycles. The van der Waals surface area contributed by atoms with Gasteiger partial charge < -0.3 is 10.2 Å². The van der Waals surface area contributed by atoms with Gasteiger partial charge in [-0.2, -0.15) is 0 Å². The normalized spacial score (nSPS) is 20.6. The van der Waals surface area contributed by atoms with Crippen LogP contribution in [0.5, 0.6) is 0 Å². The molecule has 5 nitrogen and oxygen atoms in total. The van der Waals surface area contributed by atoms with Crippen LogP contribution in [0.2, 0.25) is 0 Å². The third-order valence-corrected chi connectivity index (χ3v) is 4.93. The molecule has 2 rings (SSSR count). The van der Waals surface area contributed by atoms with Crippen molar-refractivity contribution >= 4 is 10.0 Å². The van der Waals surface area contributed by atoms with Crippen LogP contribution in [0, 0.1) is 5.92 Å². The van der Waals surface area contributed by atoms with Crippen molar-refractivity contribution in [3.8, 4) is 0 Å². The second-order valence-electron chi connectivity index (χ2n) is 5.91. The number of nitrogens with zero attached hydrogens (tertiary/aromatic N) is 1. The molecule has 1 heterocycles. The highest BCUT2D eigenvalue weighted by Gasteiger charge is 2.16. The summed E-state index contributed by atoms with van der Waals surface area (Å²) in [6.45, 7) is 4.36. The predicted molar refractivity (Wildman–Crippen MR) is 84.6 cm³/mol. The van der Waals surface area contributed by atoms with Crippen molar-refractivity contribution in [2.75, 3.05) is 33.2 Å². The van der Waals surface area contributed by atoms with Crippen molar-refractivity contribution in [1.29, 1.82) is 0 Å². The van der Waals surface area contributed by atoms with Crippen LogP contribution in [0.1, 0.15) is 18.4 Å². The number of likely N-dealkylation sites (tertiary alicyclic amines) is 1. The number of primary sulfonamides is 1. The van der Waals surface area contributed by atoms with E-state index in [9.17, 15) is 8.42 Å². The van der Waals surface area contributed by atoms with Crippen LogP contribution in [0.3, 0.4) is 0 Å². The van der Waals surface area contributed by atoms with Crippen LogP contribution >= 0.6 is 0 Å². The van der Waals surface area contributed by atoms with Crippen LogP contribution < -0.4 is 10.5 Å². The first-order chi connectivity index (χ1) is 9.95.